The van der Waals surface area contributed by atoms with E-state index in [9.17, 15) is 9.59 Å². The number of carbonyl (C=O) groups is 1. The van der Waals surface area contributed by atoms with Gasteiger partial charge in [-0.05, 0) is 51.0 Å². The van der Waals surface area contributed by atoms with E-state index in [2.05, 4.69) is 78.7 Å². The Hall–Kier alpha value is -3.10. The zero-order valence-electron chi connectivity index (χ0n) is 22.3. The Morgan fingerprint density at radius 1 is 1.00 bits per heavy atom. The van der Waals surface area contributed by atoms with Crippen molar-refractivity contribution in [3.63, 3.8) is 0 Å². The molecule has 1 aromatic rings. The third kappa shape index (κ3) is 14.0. The minimum absolute atomic E-state index is 0.154. The van der Waals surface area contributed by atoms with E-state index in [-0.39, 0.29) is 23.8 Å². The quantitative estimate of drug-likeness (QED) is 0.180. The van der Waals surface area contributed by atoms with Crippen LogP contribution in [0, 0.1) is 0 Å². The predicted molar refractivity (Wildman–Crippen MR) is 158 cm³/mol. The molecular weight excluding hydrogens is 498 g/mol. The van der Waals surface area contributed by atoms with Gasteiger partial charge in [0.2, 0.25) is 0 Å². The molecule has 0 bridgehead atoms. The van der Waals surface area contributed by atoms with Crippen molar-refractivity contribution < 1.29 is 14.3 Å². The van der Waals surface area contributed by atoms with E-state index in [1.54, 1.807) is 12.3 Å². The lowest BCUT2D eigenvalue weighted by molar-refractivity contribution is -0.146. The van der Waals surface area contributed by atoms with Gasteiger partial charge in [-0.25, -0.2) is 4.79 Å². The molecule has 0 radical (unpaired) electrons. The maximum absolute atomic E-state index is 12.0. The second kappa shape index (κ2) is 19.9. The first-order valence-corrected chi connectivity index (χ1v) is 14.3. The summed E-state index contributed by atoms with van der Waals surface area (Å²) in [6.07, 6.45) is 33.8. The highest BCUT2D eigenvalue weighted by Gasteiger charge is 2.29. The SMILES string of the molecule is CC/C=C\C/C=C\C/C=C\C/C=C\C/C=C\C/C=C\CCC(=O)OC[C@@H]1OC(n2ccc(N)nc2=O)CS1. The van der Waals surface area contributed by atoms with Gasteiger partial charge < -0.3 is 15.2 Å². The van der Waals surface area contributed by atoms with Crippen molar-refractivity contribution >= 4 is 23.5 Å². The van der Waals surface area contributed by atoms with Crippen molar-refractivity contribution in [3.8, 4) is 0 Å². The molecule has 206 valence electrons. The van der Waals surface area contributed by atoms with Crippen LogP contribution in [0.5, 0.6) is 0 Å². The lowest BCUT2D eigenvalue weighted by Gasteiger charge is -2.14. The molecular formula is C30H41N3O4S. The van der Waals surface area contributed by atoms with E-state index >= 15 is 0 Å². The number of nitrogen functional groups attached to an aromatic ring is 1. The average molecular weight is 540 g/mol. The van der Waals surface area contributed by atoms with Gasteiger partial charge in [-0.2, -0.15) is 4.98 Å². The summed E-state index contributed by atoms with van der Waals surface area (Å²) in [5.41, 5.74) is 4.76. The maximum Gasteiger partial charge on any atom is 0.351 e. The van der Waals surface area contributed by atoms with Crippen LogP contribution >= 0.6 is 11.8 Å². The Labute approximate surface area is 230 Å². The van der Waals surface area contributed by atoms with Crippen LogP contribution < -0.4 is 11.4 Å². The molecule has 1 fully saturated rings. The zero-order valence-corrected chi connectivity index (χ0v) is 23.1. The molecule has 2 atom stereocenters. The van der Waals surface area contributed by atoms with E-state index in [1.807, 2.05) is 6.08 Å². The van der Waals surface area contributed by atoms with Crippen LogP contribution in [-0.2, 0) is 14.3 Å². The van der Waals surface area contributed by atoms with Crippen LogP contribution in [-0.4, -0.2) is 33.3 Å². The Balaban J connectivity index is 1.46. The summed E-state index contributed by atoms with van der Waals surface area (Å²) in [4.78, 5) is 27.6. The molecule has 1 aliphatic heterocycles. The van der Waals surface area contributed by atoms with Crippen LogP contribution in [0.2, 0.25) is 0 Å². The number of carbonyl (C=O) groups excluding carboxylic acids is 1. The van der Waals surface area contributed by atoms with Gasteiger partial charge >= 0.3 is 11.7 Å². The summed E-state index contributed by atoms with van der Waals surface area (Å²) in [7, 11) is 0. The van der Waals surface area contributed by atoms with Gasteiger partial charge in [0.25, 0.3) is 0 Å². The highest BCUT2D eigenvalue weighted by atomic mass is 32.2. The lowest BCUT2D eigenvalue weighted by atomic mass is 10.2. The Morgan fingerprint density at radius 2 is 1.55 bits per heavy atom. The molecule has 2 heterocycles. The third-order valence-corrected chi connectivity index (χ3v) is 6.48. The van der Waals surface area contributed by atoms with E-state index in [0.29, 0.717) is 18.6 Å². The fourth-order valence-electron chi connectivity index (χ4n) is 3.40. The molecule has 0 amide bonds. The Morgan fingerprint density at radius 3 is 2.11 bits per heavy atom. The van der Waals surface area contributed by atoms with Crippen LogP contribution in [0.1, 0.15) is 64.5 Å². The van der Waals surface area contributed by atoms with Gasteiger partial charge in [0.1, 0.15) is 24.1 Å². The molecule has 0 spiro atoms. The van der Waals surface area contributed by atoms with Gasteiger partial charge in [-0.1, -0.05) is 79.8 Å². The monoisotopic (exact) mass is 539 g/mol. The van der Waals surface area contributed by atoms with E-state index in [4.69, 9.17) is 15.2 Å². The molecule has 38 heavy (non-hydrogen) atoms. The van der Waals surface area contributed by atoms with Gasteiger partial charge in [0.05, 0.1) is 0 Å². The topological polar surface area (TPSA) is 96.4 Å². The molecule has 0 aliphatic carbocycles. The molecule has 8 heteroatoms. The lowest BCUT2D eigenvalue weighted by Crippen LogP contribution is -2.29. The number of rotatable bonds is 17. The minimum Gasteiger partial charge on any atom is -0.462 e. The van der Waals surface area contributed by atoms with Crippen LogP contribution in [0.25, 0.3) is 0 Å². The number of aromatic nitrogens is 2. The van der Waals surface area contributed by atoms with E-state index in [1.165, 1.54) is 16.3 Å². The predicted octanol–water partition coefficient (Wildman–Crippen LogP) is 6.43. The second-order valence-corrected chi connectivity index (χ2v) is 9.73. The fraction of sp³-hybridized carbons (Fsp3) is 0.433. The fourth-order valence-corrected chi connectivity index (χ4v) is 4.39. The van der Waals surface area contributed by atoms with Gasteiger partial charge in [0, 0.05) is 18.4 Å². The van der Waals surface area contributed by atoms with Crippen LogP contribution in [0.4, 0.5) is 5.82 Å². The molecule has 2 rings (SSSR count). The molecule has 1 aromatic heterocycles. The minimum atomic E-state index is -0.454. The number of allylic oxidation sites excluding steroid dienone is 12. The largest absolute Gasteiger partial charge is 0.462 e. The number of ether oxygens (including phenoxy) is 2. The van der Waals surface area contributed by atoms with Crippen molar-refractivity contribution in [1.82, 2.24) is 9.55 Å². The average Bonchev–Trinajstić information content (AvgIpc) is 3.37. The first-order valence-electron chi connectivity index (χ1n) is 13.3. The number of nitrogens with two attached hydrogens (primary N) is 1. The van der Waals surface area contributed by atoms with Crippen molar-refractivity contribution in [2.45, 2.75) is 70.0 Å². The van der Waals surface area contributed by atoms with Crippen molar-refractivity contribution in [1.29, 1.82) is 0 Å². The maximum atomic E-state index is 12.0. The summed E-state index contributed by atoms with van der Waals surface area (Å²) in [5, 5.41) is 0. The first kappa shape index (κ1) is 31.1. The number of esters is 1. The normalized spacial score (nSPS) is 18.4. The third-order valence-electron chi connectivity index (χ3n) is 5.39. The smallest absolute Gasteiger partial charge is 0.351 e. The highest BCUT2D eigenvalue weighted by Crippen LogP contribution is 2.31. The van der Waals surface area contributed by atoms with Crippen molar-refractivity contribution in [2.75, 3.05) is 18.1 Å². The molecule has 2 N–H and O–H groups in total. The number of hydrogen-bond donors (Lipinski definition) is 1. The number of thioether (sulfide) groups is 1. The van der Waals surface area contributed by atoms with Gasteiger partial charge in [-0.15, -0.1) is 11.8 Å². The summed E-state index contributed by atoms with van der Waals surface area (Å²) in [6.45, 7) is 2.30. The summed E-state index contributed by atoms with van der Waals surface area (Å²) < 4.78 is 12.5. The van der Waals surface area contributed by atoms with Gasteiger partial charge in [-0.3, -0.25) is 9.36 Å². The Bertz CT molecular complexity index is 1060. The first-order chi connectivity index (χ1) is 18.6. The molecule has 1 aliphatic rings. The Kier molecular flexibility index (Phi) is 16.3. The second-order valence-electron chi connectivity index (χ2n) is 8.53. The summed E-state index contributed by atoms with van der Waals surface area (Å²) >= 11 is 1.50. The number of anilines is 1. The van der Waals surface area contributed by atoms with E-state index < -0.39 is 11.9 Å². The zero-order chi connectivity index (χ0) is 27.3. The van der Waals surface area contributed by atoms with Crippen molar-refractivity contribution in [2.24, 2.45) is 0 Å². The number of nitrogens with zero attached hydrogens (tertiary/aromatic N) is 2. The van der Waals surface area contributed by atoms with Crippen LogP contribution in [0.3, 0.4) is 0 Å². The summed E-state index contributed by atoms with van der Waals surface area (Å²) in [5.74, 6) is 0.490. The van der Waals surface area contributed by atoms with Crippen molar-refractivity contribution in [3.05, 3.63) is 95.7 Å². The number of hydrogen-bond acceptors (Lipinski definition) is 7. The summed E-state index contributed by atoms with van der Waals surface area (Å²) in [6, 6.07) is 1.55. The standard InChI is InChI=1S/C30H41N3O4S/c1-2-3-4-5-6-7-8-9-10-11-12-13-14-15-16-17-18-19-20-21-28(34)36-24-29-37-27(25-38-29)33-23-22-26(31)32-30(33)35/h3-4,6-7,9-10,12-13,15-16,18-19,22-23,27,29H,2,5,8,11,14,17,20-21,24-25H2,1H3,(H2,31,32,35)/b4-3-,7-6-,10-9-,13-12-,16-15-,19-18-/t27?,29-/m1/s1. The molecule has 0 saturated carbocycles. The van der Waals surface area contributed by atoms with E-state index in [0.717, 1.165) is 38.5 Å². The molecule has 1 saturated heterocycles. The highest BCUT2D eigenvalue weighted by molar-refractivity contribution is 8.00. The molecule has 7 nitrogen and oxygen atoms in total. The van der Waals surface area contributed by atoms with Gasteiger partial charge in [0.15, 0.2) is 0 Å². The van der Waals surface area contributed by atoms with Crippen LogP contribution in [0.15, 0.2) is 90.0 Å². The molecule has 0 aromatic carbocycles. The molecule has 1 unspecified atom stereocenters.